The largest absolute Gasteiger partial charge is 0.496 e. The average Bonchev–Trinajstić information content (AvgIpc) is 2.92. The van der Waals surface area contributed by atoms with Gasteiger partial charge >= 0.3 is 11.7 Å². The molecule has 3 aromatic rings. The maximum Gasteiger partial charge on any atom is 0.336 e. The Hall–Kier alpha value is -3.61. The molecule has 1 atom stereocenters. The molecule has 4 rings (SSSR count). The molecule has 2 heterocycles. The highest BCUT2D eigenvalue weighted by atomic mass is 16.5. The van der Waals surface area contributed by atoms with Crippen molar-refractivity contribution in [2.24, 2.45) is 0 Å². The van der Waals surface area contributed by atoms with Crippen LogP contribution in [0.3, 0.4) is 0 Å². The first-order valence-corrected chi connectivity index (χ1v) is 10.0. The van der Waals surface area contributed by atoms with Gasteiger partial charge in [0.15, 0.2) is 0 Å². The predicted molar refractivity (Wildman–Crippen MR) is 116 cm³/mol. The van der Waals surface area contributed by atoms with Gasteiger partial charge in [0.25, 0.3) is 5.91 Å². The summed E-state index contributed by atoms with van der Waals surface area (Å²) in [5.41, 5.74) is 2.21. The van der Waals surface area contributed by atoms with Gasteiger partial charge in [-0.05, 0) is 61.2 Å². The molecule has 0 spiro atoms. The predicted octanol–water partition coefficient (Wildman–Crippen LogP) is 3.47. The number of para-hydroxylation sites is 1. The van der Waals surface area contributed by atoms with Gasteiger partial charge in [0.1, 0.15) is 16.9 Å². The van der Waals surface area contributed by atoms with Crippen molar-refractivity contribution in [3.05, 3.63) is 75.1 Å². The van der Waals surface area contributed by atoms with E-state index in [1.807, 2.05) is 44.2 Å². The van der Waals surface area contributed by atoms with Crippen molar-refractivity contribution in [2.45, 2.75) is 39.3 Å². The summed E-state index contributed by atoms with van der Waals surface area (Å²) in [5, 5.41) is 3.52. The first kappa shape index (κ1) is 20.7. The van der Waals surface area contributed by atoms with Crippen LogP contribution in [0.1, 0.15) is 29.2 Å². The number of aryl methyl sites for hydroxylation is 2. The fraction of sp³-hybridized carbons (Fsp3) is 0.292. The number of hydrogen-bond donors (Lipinski definition) is 1. The van der Waals surface area contributed by atoms with Gasteiger partial charge in [-0.1, -0.05) is 18.2 Å². The van der Waals surface area contributed by atoms with E-state index in [4.69, 9.17) is 9.15 Å². The normalized spacial score (nSPS) is 18.5. The Labute approximate surface area is 179 Å². The summed E-state index contributed by atoms with van der Waals surface area (Å²) in [6.07, 6.45) is 0.286. The number of rotatable bonds is 5. The van der Waals surface area contributed by atoms with Crippen molar-refractivity contribution in [3.8, 4) is 5.75 Å². The molecule has 0 radical (unpaired) electrons. The molecule has 0 saturated carbocycles. The van der Waals surface area contributed by atoms with Crippen molar-refractivity contribution in [1.82, 2.24) is 10.2 Å². The number of urea groups is 1. The molecule has 2 aromatic carbocycles. The van der Waals surface area contributed by atoms with Gasteiger partial charge in [-0.25, -0.2) is 9.59 Å². The molecule has 1 saturated heterocycles. The maximum absolute atomic E-state index is 13.3. The van der Waals surface area contributed by atoms with Gasteiger partial charge in [-0.3, -0.25) is 9.69 Å². The lowest BCUT2D eigenvalue weighted by atomic mass is 9.92. The molecule has 0 unspecified atom stereocenters. The van der Waals surface area contributed by atoms with E-state index in [-0.39, 0.29) is 18.9 Å². The Morgan fingerprint density at radius 1 is 1.03 bits per heavy atom. The second-order valence-electron chi connectivity index (χ2n) is 8.17. The van der Waals surface area contributed by atoms with E-state index in [2.05, 4.69) is 5.32 Å². The zero-order chi connectivity index (χ0) is 22.3. The van der Waals surface area contributed by atoms with Gasteiger partial charge in [-0.2, -0.15) is 0 Å². The molecule has 1 aromatic heterocycles. The SMILES string of the molecule is COc1ccccc1C[C@]1(C)NC(=O)N(Cc2cc(=O)oc3cc(C)c(C)cc23)C1=O. The van der Waals surface area contributed by atoms with E-state index in [0.29, 0.717) is 22.3 Å². The number of imide groups is 1. The molecule has 0 aliphatic carbocycles. The quantitative estimate of drug-likeness (QED) is 0.504. The van der Waals surface area contributed by atoms with Crippen molar-refractivity contribution in [1.29, 1.82) is 0 Å². The number of amides is 3. The van der Waals surface area contributed by atoms with Crippen LogP contribution in [0.25, 0.3) is 11.0 Å². The summed E-state index contributed by atoms with van der Waals surface area (Å²) >= 11 is 0. The Morgan fingerprint density at radius 2 is 1.74 bits per heavy atom. The van der Waals surface area contributed by atoms with Gasteiger partial charge in [0.05, 0.1) is 13.7 Å². The molecule has 7 nitrogen and oxygen atoms in total. The molecule has 1 N–H and O–H groups in total. The minimum Gasteiger partial charge on any atom is -0.496 e. The van der Waals surface area contributed by atoms with Crippen LogP contribution in [0, 0.1) is 13.8 Å². The molecule has 1 aliphatic rings. The average molecular weight is 420 g/mol. The first-order chi connectivity index (χ1) is 14.7. The van der Waals surface area contributed by atoms with Crippen LogP contribution in [0.5, 0.6) is 5.75 Å². The number of hydrogen-bond acceptors (Lipinski definition) is 5. The smallest absolute Gasteiger partial charge is 0.336 e. The molecule has 160 valence electrons. The summed E-state index contributed by atoms with van der Waals surface area (Å²) in [6.45, 7) is 5.57. The van der Waals surface area contributed by atoms with Crippen molar-refractivity contribution >= 4 is 22.9 Å². The van der Waals surface area contributed by atoms with Crippen LogP contribution in [0.2, 0.25) is 0 Å². The summed E-state index contributed by atoms with van der Waals surface area (Å²) < 4.78 is 10.7. The molecule has 7 heteroatoms. The fourth-order valence-corrected chi connectivity index (χ4v) is 4.02. The number of nitrogens with zero attached hydrogens (tertiary/aromatic N) is 1. The zero-order valence-corrected chi connectivity index (χ0v) is 17.9. The molecule has 31 heavy (non-hydrogen) atoms. The summed E-state index contributed by atoms with van der Waals surface area (Å²) in [7, 11) is 1.57. The molecular formula is C24H24N2O5. The van der Waals surface area contributed by atoms with E-state index in [9.17, 15) is 14.4 Å². The number of fused-ring (bicyclic) bond motifs is 1. The first-order valence-electron chi connectivity index (χ1n) is 10.0. The Morgan fingerprint density at radius 3 is 2.48 bits per heavy atom. The van der Waals surface area contributed by atoms with Crippen LogP contribution in [0.4, 0.5) is 4.79 Å². The van der Waals surface area contributed by atoms with Crippen LogP contribution < -0.4 is 15.7 Å². The third kappa shape index (κ3) is 3.67. The molecule has 1 fully saturated rings. The Balaban J connectivity index is 1.68. The highest BCUT2D eigenvalue weighted by molar-refractivity contribution is 6.07. The van der Waals surface area contributed by atoms with Gasteiger partial charge < -0.3 is 14.5 Å². The lowest BCUT2D eigenvalue weighted by Gasteiger charge is -2.23. The number of carbonyl (C=O) groups is 2. The number of ether oxygens (including phenoxy) is 1. The standard InChI is InChI=1S/C24H24N2O5/c1-14-9-18-17(11-21(27)31-20(18)10-15(14)2)13-26-22(28)24(3,25-23(26)29)12-16-7-5-6-8-19(16)30-4/h5-11H,12-13H2,1-4H3,(H,25,29)/t24-/m0/s1. The lowest BCUT2D eigenvalue weighted by Crippen LogP contribution is -2.46. The monoisotopic (exact) mass is 420 g/mol. The van der Waals surface area contributed by atoms with Gasteiger partial charge in [-0.15, -0.1) is 0 Å². The second-order valence-corrected chi connectivity index (χ2v) is 8.17. The van der Waals surface area contributed by atoms with Crippen LogP contribution in [-0.4, -0.2) is 29.5 Å². The Bertz CT molecular complexity index is 1260. The summed E-state index contributed by atoms with van der Waals surface area (Å²) in [6, 6.07) is 12.0. The second kappa shape index (κ2) is 7.58. The maximum atomic E-state index is 13.3. The summed E-state index contributed by atoms with van der Waals surface area (Å²) in [5.74, 6) is 0.301. The van der Waals surface area contributed by atoms with Crippen molar-refractivity contribution in [2.75, 3.05) is 7.11 Å². The Kier molecular flexibility index (Phi) is 5.05. The molecule has 3 amide bonds. The highest BCUT2D eigenvalue weighted by Crippen LogP contribution is 2.29. The molecule has 1 aliphatic heterocycles. The minimum absolute atomic E-state index is 0.0171. The molecule has 0 bridgehead atoms. The van der Waals surface area contributed by atoms with E-state index >= 15 is 0 Å². The number of benzene rings is 2. The van der Waals surface area contributed by atoms with E-state index in [0.717, 1.165) is 21.6 Å². The highest BCUT2D eigenvalue weighted by Gasteiger charge is 2.48. The number of carbonyl (C=O) groups excluding carboxylic acids is 2. The van der Waals surface area contributed by atoms with Crippen LogP contribution >= 0.6 is 0 Å². The topological polar surface area (TPSA) is 88.8 Å². The van der Waals surface area contributed by atoms with Crippen LogP contribution in [-0.2, 0) is 17.8 Å². The lowest BCUT2D eigenvalue weighted by molar-refractivity contribution is -0.131. The van der Waals surface area contributed by atoms with E-state index < -0.39 is 17.2 Å². The third-order valence-electron chi connectivity index (χ3n) is 5.85. The minimum atomic E-state index is -1.12. The molecular weight excluding hydrogens is 396 g/mol. The van der Waals surface area contributed by atoms with Gasteiger partial charge in [0, 0.05) is 17.9 Å². The zero-order valence-electron chi connectivity index (χ0n) is 17.9. The number of methoxy groups -OCH3 is 1. The van der Waals surface area contributed by atoms with E-state index in [1.54, 1.807) is 20.1 Å². The van der Waals surface area contributed by atoms with Crippen molar-refractivity contribution < 1.29 is 18.7 Å². The summed E-state index contributed by atoms with van der Waals surface area (Å²) in [4.78, 5) is 39.3. The van der Waals surface area contributed by atoms with Gasteiger partial charge in [0.2, 0.25) is 0 Å². The van der Waals surface area contributed by atoms with E-state index in [1.165, 1.54) is 6.07 Å². The number of nitrogens with one attached hydrogen (secondary N) is 1. The fourth-order valence-electron chi connectivity index (χ4n) is 4.02. The van der Waals surface area contributed by atoms with Crippen molar-refractivity contribution in [3.63, 3.8) is 0 Å². The van der Waals surface area contributed by atoms with Crippen LogP contribution in [0.15, 0.2) is 51.7 Å². The third-order valence-corrected chi connectivity index (χ3v) is 5.85.